The Labute approximate surface area is 105 Å². The van der Waals surface area contributed by atoms with Crippen molar-refractivity contribution in [3.63, 3.8) is 0 Å². The summed E-state index contributed by atoms with van der Waals surface area (Å²) in [5.41, 5.74) is 0.711. The van der Waals surface area contributed by atoms with E-state index in [0.717, 1.165) is 4.47 Å². The SMILES string of the molecule is O=C(O)[C@@H]1CSC(c2cc(Br)ccc2O)N1. The fraction of sp³-hybridized carbons (Fsp3) is 0.300. The van der Waals surface area contributed by atoms with Gasteiger partial charge in [0.15, 0.2) is 0 Å². The van der Waals surface area contributed by atoms with Gasteiger partial charge in [-0.3, -0.25) is 10.1 Å². The van der Waals surface area contributed by atoms with E-state index >= 15 is 0 Å². The summed E-state index contributed by atoms with van der Waals surface area (Å²) in [4.78, 5) is 10.8. The van der Waals surface area contributed by atoms with Gasteiger partial charge in [-0.05, 0) is 18.2 Å². The number of aromatic hydroxyl groups is 1. The lowest BCUT2D eigenvalue weighted by atomic mass is 10.2. The number of carboxylic acid groups (broad SMARTS) is 1. The van der Waals surface area contributed by atoms with Gasteiger partial charge >= 0.3 is 5.97 Å². The largest absolute Gasteiger partial charge is 0.508 e. The zero-order valence-electron chi connectivity index (χ0n) is 8.18. The maximum atomic E-state index is 10.8. The number of aliphatic carboxylic acids is 1. The average molecular weight is 304 g/mol. The smallest absolute Gasteiger partial charge is 0.321 e. The number of halogens is 1. The molecule has 16 heavy (non-hydrogen) atoms. The Morgan fingerprint density at radius 3 is 2.94 bits per heavy atom. The van der Waals surface area contributed by atoms with Crippen LogP contribution in [0.25, 0.3) is 0 Å². The van der Waals surface area contributed by atoms with Gasteiger partial charge in [0, 0.05) is 15.8 Å². The van der Waals surface area contributed by atoms with E-state index in [2.05, 4.69) is 21.2 Å². The lowest BCUT2D eigenvalue weighted by Crippen LogP contribution is -2.33. The topological polar surface area (TPSA) is 69.6 Å². The van der Waals surface area contributed by atoms with Gasteiger partial charge in [0.25, 0.3) is 0 Å². The highest BCUT2D eigenvalue weighted by Crippen LogP contribution is 2.38. The Balaban J connectivity index is 2.20. The highest BCUT2D eigenvalue weighted by atomic mass is 79.9. The molecule has 0 aliphatic carbocycles. The minimum Gasteiger partial charge on any atom is -0.508 e. The second-order valence-corrected chi connectivity index (χ2v) is 5.53. The van der Waals surface area contributed by atoms with E-state index in [0.29, 0.717) is 11.3 Å². The Kier molecular flexibility index (Phi) is 3.41. The van der Waals surface area contributed by atoms with Crippen molar-refractivity contribution in [2.75, 3.05) is 5.75 Å². The molecule has 0 amide bonds. The molecule has 0 radical (unpaired) electrons. The predicted octanol–water partition coefficient (Wildman–Crippen LogP) is 1.94. The molecule has 86 valence electrons. The standard InChI is InChI=1S/C10H10BrNO3S/c11-5-1-2-8(13)6(3-5)9-12-7(4-16-9)10(14)15/h1-3,7,9,12-13H,4H2,(H,14,15)/t7-,9?/m0/s1. The molecule has 1 unspecified atom stereocenters. The van der Waals surface area contributed by atoms with Crippen molar-refractivity contribution in [3.8, 4) is 5.75 Å². The lowest BCUT2D eigenvalue weighted by molar-refractivity contribution is -0.138. The van der Waals surface area contributed by atoms with Crippen molar-refractivity contribution in [2.45, 2.75) is 11.4 Å². The van der Waals surface area contributed by atoms with Crippen molar-refractivity contribution >= 4 is 33.7 Å². The van der Waals surface area contributed by atoms with Crippen LogP contribution in [-0.4, -0.2) is 28.0 Å². The molecule has 0 aromatic heterocycles. The van der Waals surface area contributed by atoms with Crippen molar-refractivity contribution in [1.82, 2.24) is 5.32 Å². The highest BCUT2D eigenvalue weighted by Gasteiger charge is 2.31. The summed E-state index contributed by atoms with van der Waals surface area (Å²) in [5, 5.41) is 21.3. The number of hydrogen-bond donors (Lipinski definition) is 3. The van der Waals surface area contributed by atoms with Gasteiger partial charge in [0.2, 0.25) is 0 Å². The van der Waals surface area contributed by atoms with Gasteiger partial charge in [-0.15, -0.1) is 11.8 Å². The van der Waals surface area contributed by atoms with Crippen molar-refractivity contribution in [2.24, 2.45) is 0 Å². The number of thioether (sulfide) groups is 1. The van der Waals surface area contributed by atoms with E-state index < -0.39 is 12.0 Å². The summed E-state index contributed by atoms with van der Waals surface area (Å²) in [6.45, 7) is 0. The third-order valence-corrected chi connectivity index (χ3v) is 4.09. The van der Waals surface area contributed by atoms with E-state index in [1.54, 1.807) is 18.2 Å². The number of phenolic OH excluding ortho intramolecular Hbond substituents is 1. The lowest BCUT2D eigenvalue weighted by Gasteiger charge is -2.13. The number of carboxylic acids is 1. The molecular formula is C10H10BrNO3S. The molecule has 1 aliphatic rings. The maximum absolute atomic E-state index is 10.8. The van der Waals surface area contributed by atoms with Crippen LogP contribution < -0.4 is 5.32 Å². The van der Waals surface area contributed by atoms with Gasteiger partial charge in [0.05, 0.1) is 5.37 Å². The summed E-state index contributed by atoms with van der Waals surface area (Å²) >= 11 is 4.80. The van der Waals surface area contributed by atoms with Crippen molar-refractivity contribution in [3.05, 3.63) is 28.2 Å². The molecule has 6 heteroatoms. The Morgan fingerprint density at radius 1 is 1.56 bits per heavy atom. The van der Waals surface area contributed by atoms with Gasteiger partial charge < -0.3 is 10.2 Å². The molecule has 1 fully saturated rings. The average Bonchev–Trinajstić information content (AvgIpc) is 2.70. The van der Waals surface area contributed by atoms with Crippen LogP contribution in [0.5, 0.6) is 5.75 Å². The van der Waals surface area contributed by atoms with Crippen LogP contribution in [0.3, 0.4) is 0 Å². The summed E-state index contributed by atoms with van der Waals surface area (Å²) in [6.07, 6.45) is 0. The minimum absolute atomic E-state index is 0.168. The molecule has 0 bridgehead atoms. The van der Waals surface area contributed by atoms with Crippen LogP contribution >= 0.6 is 27.7 Å². The minimum atomic E-state index is -0.857. The van der Waals surface area contributed by atoms with E-state index in [1.807, 2.05) is 0 Å². The molecular weight excluding hydrogens is 294 g/mol. The third-order valence-electron chi connectivity index (χ3n) is 2.35. The van der Waals surface area contributed by atoms with Crippen LogP contribution in [0.1, 0.15) is 10.9 Å². The third kappa shape index (κ3) is 2.34. The van der Waals surface area contributed by atoms with E-state index in [9.17, 15) is 9.90 Å². The van der Waals surface area contributed by atoms with Gasteiger partial charge in [-0.1, -0.05) is 15.9 Å². The van der Waals surface area contributed by atoms with Crippen LogP contribution in [0.2, 0.25) is 0 Å². The van der Waals surface area contributed by atoms with Crippen LogP contribution in [0.15, 0.2) is 22.7 Å². The first-order valence-electron chi connectivity index (χ1n) is 4.67. The highest BCUT2D eigenvalue weighted by molar-refractivity contribution is 9.10. The first-order valence-corrected chi connectivity index (χ1v) is 6.51. The summed E-state index contributed by atoms with van der Waals surface area (Å²) in [6, 6.07) is 4.58. The normalized spacial score (nSPS) is 24.6. The Bertz CT molecular complexity index is 427. The van der Waals surface area contributed by atoms with Crippen LogP contribution in [0, 0.1) is 0 Å². The van der Waals surface area contributed by atoms with E-state index in [4.69, 9.17) is 5.11 Å². The second-order valence-electron chi connectivity index (χ2n) is 3.47. The first kappa shape index (κ1) is 11.8. The molecule has 2 rings (SSSR count). The summed E-state index contributed by atoms with van der Waals surface area (Å²) in [7, 11) is 0. The number of rotatable bonds is 2. The van der Waals surface area contributed by atoms with Gasteiger partial charge in [0.1, 0.15) is 11.8 Å². The number of carbonyl (C=O) groups is 1. The molecule has 1 heterocycles. The van der Waals surface area contributed by atoms with Crippen LogP contribution in [0.4, 0.5) is 0 Å². The fourth-order valence-electron chi connectivity index (χ4n) is 1.53. The van der Waals surface area contributed by atoms with Crippen LogP contribution in [-0.2, 0) is 4.79 Å². The fourth-order valence-corrected chi connectivity index (χ4v) is 3.16. The van der Waals surface area contributed by atoms with Crippen molar-refractivity contribution < 1.29 is 15.0 Å². The zero-order valence-corrected chi connectivity index (χ0v) is 10.6. The van der Waals surface area contributed by atoms with E-state index in [-0.39, 0.29) is 11.1 Å². The van der Waals surface area contributed by atoms with E-state index in [1.165, 1.54) is 11.8 Å². The van der Waals surface area contributed by atoms with Crippen molar-refractivity contribution in [1.29, 1.82) is 0 Å². The molecule has 1 aromatic rings. The first-order chi connectivity index (χ1) is 7.58. The molecule has 1 aromatic carbocycles. The predicted molar refractivity (Wildman–Crippen MR) is 65.6 cm³/mol. The molecule has 1 aliphatic heterocycles. The van der Waals surface area contributed by atoms with Gasteiger partial charge in [-0.2, -0.15) is 0 Å². The molecule has 1 saturated heterocycles. The molecule has 0 spiro atoms. The quantitative estimate of drug-likeness (QED) is 0.779. The zero-order chi connectivity index (χ0) is 11.7. The number of nitrogens with one attached hydrogen (secondary N) is 1. The number of phenols is 1. The second kappa shape index (κ2) is 4.65. The maximum Gasteiger partial charge on any atom is 0.321 e. The monoisotopic (exact) mass is 303 g/mol. The molecule has 0 saturated carbocycles. The summed E-state index contributed by atoms with van der Waals surface area (Å²) in [5.74, 6) is -0.171. The molecule has 2 atom stereocenters. The Morgan fingerprint density at radius 2 is 2.31 bits per heavy atom. The molecule has 4 nitrogen and oxygen atoms in total. The Hall–Kier alpha value is -0.720. The summed E-state index contributed by atoms with van der Waals surface area (Å²) < 4.78 is 0.862. The van der Waals surface area contributed by atoms with Gasteiger partial charge in [-0.25, -0.2) is 0 Å². The molecule has 3 N–H and O–H groups in total. The number of benzene rings is 1. The number of hydrogen-bond acceptors (Lipinski definition) is 4.